The lowest BCUT2D eigenvalue weighted by Crippen LogP contribution is -2.41. The summed E-state index contributed by atoms with van der Waals surface area (Å²) < 4.78 is 67.2. The highest BCUT2D eigenvalue weighted by Crippen LogP contribution is 2.37. The number of aryl methyl sites for hydroxylation is 2. The lowest BCUT2D eigenvalue weighted by molar-refractivity contribution is -0.385. The minimum Gasteiger partial charge on any atom is -0.478 e. The monoisotopic (exact) mass is 986 g/mol. The Morgan fingerprint density at radius 3 is 1.75 bits per heavy atom. The van der Waals surface area contributed by atoms with E-state index in [4.69, 9.17) is 16.3 Å². The number of ether oxygens (including phenoxy) is 1. The number of hydrogen-bond acceptors (Lipinski definition) is 12. The van der Waals surface area contributed by atoms with E-state index in [1.165, 1.54) is 6.07 Å². The zero-order valence-electron chi connectivity index (χ0n) is 37.8. The van der Waals surface area contributed by atoms with Crippen LogP contribution in [-0.2, 0) is 25.8 Å². The van der Waals surface area contributed by atoms with Crippen LogP contribution in [-0.4, -0.2) is 82.2 Å². The molecule has 2 unspecified atom stereocenters. The van der Waals surface area contributed by atoms with E-state index in [-0.39, 0.29) is 46.3 Å². The van der Waals surface area contributed by atoms with Crippen molar-refractivity contribution in [2.24, 2.45) is 21.8 Å². The van der Waals surface area contributed by atoms with E-state index >= 15 is 0 Å². The molecule has 2 heterocycles. The van der Waals surface area contributed by atoms with Crippen molar-refractivity contribution in [3.8, 4) is 11.5 Å². The molecule has 0 spiro atoms. The fourth-order valence-corrected chi connectivity index (χ4v) is 6.91. The Balaban J connectivity index is 0.000000227. The van der Waals surface area contributed by atoms with Gasteiger partial charge < -0.3 is 25.6 Å². The molecule has 362 valence electrons. The van der Waals surface area contributed by atoms with Crippen LogP contribution < -0.4 is 20.1 Å². The highest BCUT2D eigenvalue weighted by atomic mass is 35.5. The predicted molar refractivity (Wildman–Crippen MR) is 244 cm³/mol. The van der Waals surface area contributed by atoms with Crippen molar-refractivity contribution in [3.05, 3.63) is 132 Å². The fourth-order valence-electron chi connectivity index (χ4n) is 6.24. The predicted octanol–water partition coefficient (Wildman–Crippen LogP) is 7.72. The van der Waals surface area contributed by atoms with Gasteiger partial charge in [-0.2, -0.15) is 13.2 Å². The van der Waals surface area contributed by atoms with Crippen molar-refractivity contribution in [2.75, 3.05) is 6.26 Å². The number of nitrogens with zero attached hydrogens (tertiary/aromatic N) is 3. The Bertz CT molecular complexity index is 2910. The Morgan fingerprint density at radius 2 is 1.29 bits per heavy atom. The van der Waals surface area contributed by atoms with E-state index < -0.39 is 71.9 Å². The summed E-state index contributed by atoms with van der Waals surface area (Å²) in [6, 6.07) is 15.2. The van der Waals surface area contributed by atoms with Crippen LogP contribution in [0.1, 0.15) is 100 Å². The van der Waals surface area contributed by atoms with E-state index in [1.807, 2.05) is 47.6 Å². The second-order valence-electron chi connectivity index (χ2n) is 16.5. The first-order valence-electron chi connectivity index (χ1n) is 20.1. The number of hydrogen-bond donors (Lipinski definition) is 5. The molecule has 2 aliphatic rings. The van der Waals surface area contributed by atoms with Gasteiger partial charge in [0.2, 0.25) is 10.0 Å². The molecule has 0 bridgehead atoms. The third-order valence-corrected chi connectivity index (χ3v) is 11.7. The second-order valence-corrected chi connectivity index (χ2v) is 18.7. The standard InChI is InChI=1S/C15H10ClF3N2O6S.2C15H18N2O3/c1-28(25,26)20-14(22)10-7-9(3-4-12(10)21(23)24)27-13-5-2-8(6-11(13)16)15(17,18)19;1-8(2)15(4)14(20)16-12(17-15)11-7-9(3)5-6-10(11)13(18)19;1-8(2)15(4)14(20)16-12(17-15)10-6-5-9(3)7-11(10)13(18)19/h2-7H,1H3,(H,20,22);2*5-8H,1-4H3,(H,18,19)(H,16,17,20). The van der Waals surface area contributed by atoms with Gasteiger partial charge in [0, 0.05) is 23.3 Å². The molecule has 0 saturated heterocycles. The van der Waals surface area contributed by atoms with Crippen molar-refractivity contribution < 1.29 is 65.4 Å². The highest BCUT2D eigenvalue weighted by molar-refractivity contribution is 7.89. The number of carbonyl (C=O) groups excluding carboxylic acids is 3. The van der Waals surface area contributed by atoms with Crippen molar-refractivity contribution in [1.82, 2.24) is 15.4 Å². The molecule has 5 N–H and O–H groups in total. The summed E-state index contributed by atoms with van der Waals surface area (Å²) in [5.74, 6) is -3.40. The van der Waals surface area contributed by atoms with Gasteiger partial charge in [-0.05, 0) is 82.0 Å². The van der Waals surface area contributed by atoms with Gasteiger partial charge in [-0.3, -0.25) is 34.5 Å². The molecular weight excluding hydrogens is 941 g/mol. The van der Waals surface area contributed by atoms with E-state index in [0.717, 1.165) is 35.4 Å². The Hall–Kier alpha value is -7.20. The fraction of sp³-hybridized carbons (Fsp3) is 0.311. The Labute approximate surface area is 392 Å². The third-order valence-electron chi connectivity index (χ3n) is 10.8. The molecule has 0 saturated carbocycles. The molecule has 0 aliphatic carbocycles. The van der Waals surface area contributed by atoms with Gasteiger partial charge in [0.1, 0.15) is 39.8 Å². The molecule has 4 aromatic carbocycles. The maximum Gasteiger partial charge on any atom is 0.416 e. The average Bonchev–Trinajstić information content (AvgIpc) is 3.72. The number of aliphatic imine (C=N–C) groups is 2. The number of rotatable bonds is 11. The molecule has 0 radical (unpaired) electrons. The van der Waals surface area contributed by atoms with Gasteiger partial charge in [0.05, 0.1) is 32.9 Å². The van der Waals surface area contributed by atoms with E-state index in [0.29, 0.717) is 41.2 Å². The first kappa shape index (κ1) is 53.4. The number of carboxylic acid groups (broad SMARTS) is 2. The minimum atomic E-state index is -4.62. The lowest BCUT2D eigenvalue weighted by atomic mass is 9.89. The number of halogens is 4. The largest absolute Gasteiger partial charge is 0.478 e. The van der Waals surface area contributed by atoms with Gasteiger partial charge in [-0.1, -0.05) is 68.6 Å². The Morgan fingerprint density at radius 1 is 0.779 bits per heavy atom. The molecule has 2 aliphatic heterocycles. The maximum absolute atomic E-state index is 12.7. The molecule has 0 fully saturated rings. The maximum atomic E-state index is 12.7. The van der Waals surface area contributed by atoms with Crippen LogP contribution in [0.5, 0.6) is 11.5 Å². The molecule has 2 atom stereocenters. The third kappa shape index (κ3) is 12.4. The zero-order chi connectivity index (χ0) is 51.4. The summed E-state index contributed by atoms with van der Waals surface area (Å²) in [6.07, 6.45) is -3.94. The van der Waals surface area contributed by atoms with E-state index in [2.05, 4.69) is 20.6 Å². The molecular formula is C45H46ClF3N6O12S. The summed E-state index contributed by atoms with van der Waals surface area (Å²) in [7, 11) is -4.00. The van der Waals surface area contributed by atoms with Crippen molar-refractivity contribution in [1.29, 1.82) is 0 Å². The molecule has 6 rings (SSSR count). The highest BCUT2D eigenvalue weighted by Gasteiger charge is 2.44. The normalized spacial score (nSPS) is 17.7. The second kappa shape index (κ2) is 20.3. The van der Waals surface area contributed by atoms with Crippen LogP contribution in [0.25, 0.3) is 0 Å². The number of amidine groups is 2. The van der Waals surface area contributed by atoms with Crippen LogP contribution in [0.15, 0.2) is 82.8 Å². The van der Waals surface area contributed by atoms with Gasteiger partial charge >= 0.3 is 18.1 Å². The topological polar surface area (TPSA) is 273 Å². The van der Waals surface area contributed by atoms with E-state index in [9.17, 15) is 65.9 Å². The van der Waals surface area contributed by atoms with Crippen LogP contribution in [0.4, 0.5) is 18.9 Å². The van der Waals surface area contributed by atoms with Crippen molar-refractivity contribution in [3.63, 3.8) is 0 Å². The van der Waals surface area contributed by atoms with Gasteiger partial charge in [0.25, 0.3) is 23.4 Å². The number of nitro groups is 1. The minimum absolute atomic E-state index is 0.0260. The van der Waals surface area contributed by atoms with Crippen LogP contribution in [0.3, 0.4) is 0 Å². The van der Waals surface area contributed by atoms with Crippen LogP contribution >= 0.6 is 11.6 Å². The van der Waals surface area contributed by atoms with Crippen molar-refractivity contribution in [2.45, 2.75) is 72.6 Å². The number of nitro benzene ring substituents is 1. The summed E-state index contributed by atoms with van der Waals surface area (Å²) in [5.41, 5.74) is -1.09. The summed E-state index contributed by atoms with van der Waals surface area (Å²) in [4.78, 5) is 77.9. The molecule has 0 aromatic heterocycles. The zero-order valence-corrected chi connectivity index (χ0v) is 39.4. The van der Waals surface area contributed by atoms with Crippen LogP contribution in [0, 0.1) is 35.8 Å². The summed E-state index contributed by atoms with van der Waals surface area (Å²) in [5, 5.41) is 34.6. The number of aromatic carboxylic acids is 2. The van der Waals surface area contributed by atoms with Crippen molar-refractivity contribution >= 4 is 68.6 Å². The van der Waals surface area contributed by atoms with Gasteiger partial charge in [-0.15, -0.1) is 0 Å². The van der Waals surface area contributed by atoms with E-state index in [1.54, 1.807) is 42.8 Å². The number of sulfonamides is 1. The molecule has 68 heavy (non-hydrogen) atoms. The number of benzene rings is 4. The number of amides is 3. The van der Waals surface area contributed by atoms with Gasteiger partial charge in [0.15, 0.2) is 0 Å². The molecule has 3 amide bonds. The van der Waals surface area contributed by atoms with Crippen LogP contribution in [0.2, 0.25) is 5.02 Å². The SMILES string of the molecule is CS(=O)(=O)NC(=O)c1cc(Oc2ccc(C(F)(F)F)cc2Cl)ccc1[N+](=O)[O-].Cc1ccc(C(=O)O)c(C2=NC(C)(C(C)C)C(=O)N2)c1.Cc1ccc(C2=NC(C)(C(C)C)C(=O)N2)c(C(=O)O)c1. The number of carboxylic acids is 2. The quantitative estimate of drug-likeness (QED) is 0.0714. The molecule has 23 heteroatoms. The number of nitrogens with one attached hydrogen (secondary N) is 3. The smallest absolute Gasteiger partial charge is 0.416 e. The summed E-state index contributed by atoms with van der Waals surface area (Å²) >= 11 is 5.76. The first-order valence-corrected chi connectivity index (χ1v) is 22.4. The van der Waals surface area contributed by atoms with Gasteiger partial charge in [-0.25, -0.2) is 22.7 Å². The molecule has 18 nitrogen and oxygen atoms in total. The average molecular weight is 987 g/mol. The molecule has 4 aromatic rings. The number of carbonyl (C=O) groups is 5. The Kier molecular flexibility index (Phi) is 16.0. The summed E-state index contributed by atoms with van der Waals surface area (Å²) in [6.45, 7) is 14.9. The lowest BCUT2D eigenvalue weighted by Gasteiger charge is -2.21. The first-order chi connectivity index (χ1) is 31.3. The number of alkyl halides is 3.